The number of carbonyl (C=O) groups excluding carboxylic acids is 3. The van der Waals surface area contributed by atoms with Gasteiger partial charge < -0.3 is 36.9 Å². The lowest BCUT2D eigenvalue weighted by Gasteiger charge is -2.25. The lowest BCUT2D eigenvalue weighted by Crippen LogP contribution is -2.59. The van der Waals surface area contributed by atoms with E-state index in [1.54, 1.807) is 6.92 Å². The molecule has 0 saturated carbocycles. The molecule has 31 heavy (non-hydrogen) atoms. The van der Waals surface area contributed by atoms with Crippen LogP contribution in [-0.2, 0) is 25.6 Å². The van der Waals surface area contributed by atoms with Crippen molar-refractivity contribution in [1.82, 2.24) is 25.9 Å². The topological polar surface area (TPSA) is 200 Å². The van der Waals surface area contributed by atoms with Crippen LogP contribution in [0, 0.1) is 5.92 Å². The molecule has 0 aromatic carbocycles. The number of imidazole rings is 1. The van der Waals surface area contributed by atoms with Crippen LogP contribution in [-0.4, -0.2) is 80.4 Å². The first-order valence-electron chi connectivity index (χ1n) is 9.72. The molecule has 0 bridgehead atoms. The summed E-state index contributed by atoms with van der Waals surface area (Å²) in [6.45, 7) is 2.90. The van der Waals surface area contributed by atoms with Gasteiger partial charge >= 0.3 is 5.97 Å². The van der Waals surface area contributed by atoms with Gasteiger partial charge in [-0.05, 0) is 5.92 Å². The van der Waals surface area contributed by atoms with E-state index in [1.165, 1.54) is 12.5 Å². The van der Waals surface area contributed by atoms with Gasteiger partial charge in [0.05, 0.1) is 19.0 Å². The molecule has 0 fully saturated rings. The van der Waals surface area contributed by atoms with Crippen molar-refractivity contribution < 1.29 is 29.4 Å². The van der Waals surface area contributed by atoms with Crippen molar-refractivity contribution in [2.24, 2.45) is 11.7 Å². The summed E-state index contributed by atoms with van der Waals surface area (Å²) in [7, 11) is 0. The summed E-state index contributed by atoms with van der Waals surface area (Å²) < 4.78 is 0. The summed E-state index contributed by atoms with van der Waals surface area (Å²) in [5.74, 6) is -3.82. The predicted molar refractivity (Wildman–Crippen MR) is 114 cm³/mol. The van der Waals surface area contributed by atoms with Crippen LogP contribution >= 0.6 is 12.6 Å². The Kier molecular flexibility index (Phi) is 11.0. The monoisotopic (exact) mass is 458 g/mol. The van der Waals surface area contributed by atoms with Crippen LogP contribution in [0.1, 0.15) is 26.0 Å². The molecule has 13 heteroatoms. The average Bonchev–Trinajstić information content (AvgIpc) is 3.26. The number of nitrogens with one attached hydrogen (secondary N) is 4. The number of carboxylic acid groups (broad SMARTS) is 1. The Bertz CT molecular complexity index is 746. The zero-order valence-corrected chi connectivity index (χ0v) is 18.3. The zero-order valence-electron chi connectivity index (χ0n) is 17.4. The molecule has 8 N–H and O–H groups in total. The molecule has 1 rings (SSSR count). The second kappa shape index (κ2) is 12.9. The molecule has 1 aromatic rings. The third-order valence-electron chi connectivity index (χ3n) is 4.78. The SMILES string of the molecule is CCC(C)C(N)C(=O)NC(Cc1cnc[nH]1)C(=O)NC(CO)C(=O)NC(CS)C(=O)O. The minimum Gasteiger partial charge on any atom is -0.480 e. The molecule has 0 aliphatic rings. The van der Waals surface area contributed by atoms with E-state index in [1.807, 2.05) is 6.92 Å². The van der Waals surface area contributed by atoms with Crippen LogP contribution in [0.3, 0.4) is 0 Å². The molecule has 0 spiro atoms. The Morgan fingerprint density at radius 3 is 2.19 bits per heavy atom. The van der Waals surface area contributed by atoms with Crippen LogP contribution < -0.4 is 21.7 Å². The zero-order chi connectivity index (χ0) is 23.6. The van der Waals surface area contributed by atoms with Gasteiger partial charge in [-0.15, -0.1) is 0 Å². The number of nitrogens with zero attached hydrogens (tertiary/aromatic N) is 1. The first-order chi connectivity index (χ1) is 14.6. The number of hydrogen-bond acceptors (Lipinski definition) is 8. The van der Waals surface area contributed by atoms with Crippen molar-refractivity contribution in [1.29, 1.82) is 0 Å². The summed E-state index contributed by atoms with van der Waals surface area (Å²) in [6.07, 6.45) is 3.57. The van der Waals surface area contributed by atoms with E-state index in [9.17, 15) is 24.3 Å². The van der Waals surface area contributed by atoms with Crippen LogP contribution in [0.2, 0.25) is 0 Å². The number of aromatic nitrogens is 2. The highest BCUT2D eigenvalue weighted by Crippen LogP contribution is 2.07. The molecule has 3 amide bonds. The highest BCUT2D eigenvalue weighted by Gasteiger charge is 2.30. The average molecular weight is 459 g/mol. The van der Waals surface area contributed by atoms with Gasteiger partial charge in [0.2, 0.25) is 17.7 Å². The Morgan fingerprint density at radius 1 is 1.13 bits per heavy atom. The maximum absolute atomic E-state index is 12.8. The molecule has 1 aromatic heterocycles. The lowest BCUT2D eigenvalue weighted by atomic mass is 9.98. The number of aliphatic hydroxyl groups is 1. The van der Waals surface area contributed by atoms with E-state index in [4.69, 9.17) is 10.8 Å². The molecule has 12 nitrogen and oxygen atoms in total. The van der Waals surface area contributed by atoms with Crippen LogP contribution in [0.5, 0.6) is 0 Å². The van der Waals surface area contributed by atoms with E-state index in [2.05, 4.69) is 38.5 Å². The molecular formula is C18H30N6O6S. The van der Waals surface area contributed by atoms with Crippen LogP contribution in [0.25, 0.3) is 0 Å². The van der Waals surface area contributed by atoms with Crippen molar-refractivity contribution in [2.45, 2.75) is 50.9 Å². The van der Waals surface area contributed by atoms with Gasteiger partial charge in [0.1, 0.15) is 18.1 Å². The Morgan fingerprint density at radius 2 is 1.71 bits per heavy atom. The van der Waals surface area contributed by atoms with Crippen molar-refractivity contribution in [2.75, 3.05) is 12.4 Å². The van der Waals surface area contributed by atoms with Crippen LogP contribution in [0.4, 0.5) is 0 Å². The Hall–Kier alpha value is -2.64. The standard InChI is InChI=1S/C18H30N6O6S/c1-3-9(2)14(19)17(28)22-11(4-10-5-20-8-21-10)15(26)23-12(6-25)16(27)24-13(7-31)18(29)30/h5,8-9,11-14,25,31H,3-4,6-7,19H2,1-2H3,(H,20,21)(H,22,28)(H,23,26)(H,24,27)(H,29,30). The molecule has 1 heterocycles. The third kappa shape index (κ3) is 8.19. The minimum absolute atomic E-state index is 0.0267. The van der Waals surface area contributed by atoms with E-state index < -0.39 is 54.5 Å². The molecular weight excluding hydrogens is 428 g/mol. The maximum Gasteiger partial charge on any atom is 0.327 e. The fourth-order valence-electron chi connectivity index (χ4n) is 2.53. The number of nitrogens with two attached hydrogens (primary N) is 1. The molecule has 5 unspecified atom stereocenters. The van der Waals surface area contributed by atoms with Crippen molar-refractivity contribution in [3.05, 3.63) is 18.2 Å². The number of aliphatic carboxylic acids is 1. The number of rotatable bonds is 13. The van der Waals surface area contributed by atoms with Gasteiger partial charge in [-0.3, -0.25) is 14.4 Å². The summed E-state index contributed by atoms with van der Waals surface area (Å²) in [5, 5.41) is 25.6. The highest BCUT2D eigenvalue weighted by molar-refractivity contribution is 7.80. The van der Waals surface area contributed by atoms with Gasteiger partial charge in [0.15, 0.2) is 0 Å². The minimum atomic E-state index is -1.43. The maximum atomic E-state index is 12.8. The first-order valence-corrected chi connectivity index (χ1v) is 10.4. The van der Waals surface area contributed by atoms with Gasteiger partial charge in [-0.2, -0.15) is 12.6 Å². The summed E-state index contributed by atoms with van der Waals surface area (Å²) >= 11 is 3.85. The second-order valence-corrected chi connectivity index (χ2v) is 7.44. The molecule has 0 radical (unpaired) electrons. The van der Waals surface area contributed by atoms with Gasteiger partial charge in [-0.25, -0.2) is 9.78 Å². The number of carbonyl (C=O) groups is 4. The molecule has 0 saturated heterocycles. The third-order valence-corrected chi connectivity index (χ3v) is 5.15. The van der Waals surface area contributed by atoms with Gasteiger partial charge in [0, 0.05) is 24.1 Å². The van der Waals surface area contributed by atoms with E-state index >= 15 is 0 Å². The van der Waals surface area contributed by atoms with E-state index in [-0.39, 0.29) is 18.1 Å². The summed E-state index contributed by atoms with van der Waals surface area (Å²) in [4.78, 5) is 55.3. The smallest absolute Gasteiger partial charge is 0.327 e. The molecule has 0 aliphatic heterocycles. The lowest BCUT2D eigenvalue weighted by molar-refractivity contribution is -0.142. The Labute approximate surface area is 185 Å². The van der Waals surface area contributed by atoms with Crippen molar-refractivity contribution >= 4 is 36.3 Å². The normalized spacial score (nSPS) is 15.8. The summed E-state index contributed by atoms with van der Waals surface area (Å²) in [5.41, 5.74) is 6.48. The number of aliphatic hydroxyl groups excluding tert-OH is 1. The van der Waals surface area contributed by atoms with E-state index in [0.717, 1.165) is 0 Å². The number of aromatic amines is 1. The van der Waals surface area contributed by atoms with Gasteiger partial charge in [0.25, 0.3) is 0 Å². The van der Waals surface area contributed by atoms with Crippen LogP contribution in [0.15, 0.2) is 12.5 Å². The quantitative estimate of drug-likeness (QED) is 0.152. The second-order valence-electron chi connectivity index (χ2n) is 7.08. The molecule has 0 aliphatic carbocycles. The Balaban J connectivity index is 2.92. The van der Waals surface area contributed by atoms with Gasteiger partial charge in [-0.1, -0.05) is 20.3 Å². The predicted octanol–water partition coefficient (Wildman–Crippen LogP) is -2.21. The van der Waals surface area contributed by atoms with Crippen molar-refractivity contribution in [3.63, 3.8) is 0 Å². The van der Waals surface area contributed by atoms with Crippen molar-refractivity contribution in [3.8, 4) is 0 Å². The summed E-state index contributed by atoms with van der Waals surface area (Å²) in [6, 6.07) is -4.69. The van der Waals surface area contributed by atoms with E-state index in [0.29, 0.717) is 12.1 Å². The number of thiol groups is 1. The highest BCUT2D eigenvalue weighted by atomic mass is 32.1. The number of carboxylic acids is 1. The largest absolute Gasteiger partial charge is 0.480 e. The molecule has 5 atom stereocenters. The number of hydrogen-bond donors (Lipinski definition) is 8. The fraction of sp³-hybridized carbons (Fsp3) is 0.611. The number of amides is 3. The number of H-pyrrole nitrogens is 1. The molecule has 174 valence electrons. The fourth-order valence-corrected chi connectivity index (χ4v) is 2.78. The first kappa shape index (κ1) is 26.4.